The second-order valence-corrected chi connectivity index (χ2v) is 16.0. The van der Waals surface area contributed by atoms with E-state index >= 15 is 0 Å². The number of pyridine rings is 1. The molecule has 1 amide bonds. The summed E-state index contributed by atoms with van der Waals surface area (Å²) in [4.78, 5) is 34.3. The van der Waals surface area contributed by atoms with E-state index in [0.717, 1.165) is 92.8 Å². The SMILES string of the molecule is CC(=O)N1CCc2c(c(N3CCCc4cc(-c5ccc(OC6CC7(CCN(c8ccc(C(=O)O)nn8)CC7)C6)nc5)c(C(F)F)cc43)nn2C2CCOCC2)C1. The highest BCUT2D eigenvalue weighted by molar-refractivity contribution is 5.85. The van der Waals surface area contributed by atoms with Crippen LogP contribution < -0.4 is 14.5 Å². The van der Waals surface area contributed by atoms with E-state index in [9.17, 15) is 18.4 Å². The lowest BCUT2D eigenvalue weighted by Gasteiger charge is -2.51. The molecule has 1 saturated carbocycles. The van der Waals surface area contributed by atoms with Crippen molar-refractivity contribution in [3.05, 3.63) is 70.7 Å². The number of carbonyl (C=O) groups excluding carboxylic acids is 1. The van der Waals surface area contributed by atoms with Crippen molar-refractivity contribution in [2.75, 3.05) is 49.2 Å². The van der Waals surface area contributed by atoms with Crippen molar-refractivity contribution in [2.45, 2.75) is 89.8 Å². The van der Waals surface area contributed by atoms with Crippen LogP contribution in [0.1, 0.15) is 97.2 Å². The maximum Gasteiger partial charge on any atom is 0.356 e. The normalized spacial score (nSPS) is 19.8. The van der Waals surface area contributed by atoms with Crippen LogP contribution in [0, 0.1) is 5.41 Å². The number of ether oxygens (including phenoxy) is 2. The highest BCUT2D eigenvalue weighted by Gasteiger charge is 2.47. The van der Waals surface area contributed by atoms with Crippen LogP contribution in [0.5, 0.6) is 5.88 Å². The number of carboxylic acids is 1. The Balaban J connectivity index is 0.903. The Morgan fingerprint density at radius 1 is 1.00 bits per heavy atom. The Kier molecular flexibility index (Phi) is 9.58. The molecule has 1 spiro atoms. The quantitative estimate of drug-likeness (QED) is 0.209. The number of aromatic carboxylic acids is 1. The van der Waals surface area contributed by atoms with Crippen LogP contribution in [-0.2, 0) is 28.9 Å². The predicted octanol–water partition coefficient (Wildman–Crippen LogP) is 6.54. The maximum absolute atomic E-state index is 14.9. The minimum atomic E-state index is -2.70. The fourth-order valence-electron chi connectivity index (χ4n) is 9.44. The molecule has 1 N–H and O–H groups in total. The molecule has 9 rings (SSSR count). The average Bonchev–Trinajstić information content (AvgIpc) is 3.59. The minimum absolute atomic E-state index is 0.0165. The number of carbonyl (C=O) groups is 2. The molecule has 15 heteroatoms. The summed E-state index contributed by atoms with van der Waals surface area (Å²) in [6.45, 7) is 6.31. The molecule has 13 nitrogen and oxygen atoms in total. The number of alkyl halides is 2. The number of carboxylic acid groups (broad SMARTS) is 1. The van der Waals surface area contributed by atoms with Gasteiger partial charge in [-0.05, 0) is 98.2 Å². The molecule has 0 unspecified atom stereocenters. The summed E-state index contributed by atoms with van der Waals surface area (Å²) in [6.07, 6.45) is 6.77. The number of aryl methyl sites for hydroxylation is 1. The number of nitrogens with zero attached hydrogens (tertiary/aromatic N) is 8. The van der Waals surface area contributed by atoms with Gasteiger partial charge in [-0.3, -0.25) is 9.48 Å². The summed E-state index contributed by atoms with van der Waals surface area (Å²) in [5, 5.41) is 22.2. The van der Waals surface area contributed by atoms with Gasteiger partial charge in [-0.25, -0.2) is 18.6 Å². The van der Waals surface area contributed by atoms with E-state index in [0.29, 0.717) is 62.1 Å². The van der Waals surface area contributed by atoms with Crippen molar-refractivity contribution >= 4 is 29.2 Å². The number of hydrogen-bond donors (Lipinski definition) is 1. The van der Waals surface area contributed by atoms with Gasteiger partial charge in [0.2, 0.25) is 11.8 Å². The van der Waals surface area contributed by atoms with Gasteiger partial charge in [-0.1, -0.05) is 0 Å². The number of hydrogen-bond acceptors (Lipinski definition) is 10. The van der Waals surface area contributed by atoms with Gasteiger partial charge < -0.3 is 29.3 Å². The van der Waals surface area contributed by atoms with Crippen LogP contribution in [0.4, 0.5) is 26.1 Å². The standard InChI is InChI=1S/C41H46F2N8O5/c1-25(52)49-14-8-34-32(24-49)39(47-51(34)28-9-17-55-18-10-28)50-13-2-3-26-19-30(31(38(42)43)20-35(26)50)27-4-7-37(44-23-27)56-29-21-41(22-29)11-15-48(16-12-41)36-6-5-33(40(53)54)45-46-36/h4-7,19-20,23,28-29,38H,2-3,8-18,21-22,24H2,1H3,(H,53,54). The van der Waals surface area contributed by atoms with Crippen LogP contribution in [0.15, 0.2) is 42.6 Å². The van der Waals surface area contributed by atoms with Gasteiger partial charge in [0.25, 0.3) is 6.43 Å². The Hall–Kier alpha value is -5.18. The van der Waals surface area contributed by atoms with Gasteiger partial charge in [-0.2, -0.15) is 5.10 Å². The molecule has 56 heavy (non-hydrogen) atoms. The number of benzene rings is 1. The van der Waals surface area contributed by atoms with E-state index < -0.39 is 12.4 Å². The molecular formula is C41H46F2N8O5. The van der Waals surface area contributed by atoms with Gasteiger partial charge >= 0.3 is 5.97 Å². The zero-order chi connectivity index (χ0) is 38.6. The summed E-state index contributed by atoms with van der Waals surface area (Å²) < 4.78 is 43.9. The summed E-state index contributed by atoms with van der Waals surface area (Å²) in [6, 6.07) is 10.5. The molecular weight excluding hydrogens is 722 g/mol. The second-order valence-electron chi connectivity index (χ2n) is 16.0. The molecule has 3 fully saturated rings. The van der Waals surface area contributed by atoms with Gasteiger partial charge in [0, 0.05) is 93.1 Å². The van der Waals surface area contributed by atoms with Crippen LogP contribution in [0.2, 0.25) is 0 Å². The number of aromatic nitrogens is 5. The lowest BCUT2D eigenvalue weighted by atomic mass is 9.61. The summed E-state index contributed by atoms with van der Waals surface area (Å²) in [5.74, 6) is 0.852. The van der Waals surface area contributed by atoms with E-state index in [-0.39, 0.29) is 34.7 Å². The van der Waals surface area contributed by atoms with E-state index in [1.807, 2.05) is 17.0 Å². The third-order valence-electron chi connectivity index (χ3n) is 12.6. The third kappa shape index (κ3) is 6.83. The number of fused-ring (bicyclic) bond motifs is 2. The topological polar surface area (TPSA) is 139 Å². The summed E-state index contributed by atoms with van der Waals surface area (Å²) in [5.41, 5.74) is 5.03. The lowest BCUT2D eigenvalue weighted by Crippen LogP contribution is -2.51. The van der Waals surface area contributed by atoms with Crippen LogP contribution in [-0.4, -0.2) is 92.3 Å². The van der Waals surface area contributed by atoms with E-state index in [2.05, 4.69) is 29.7 Å². The first-order valence-corrected chi connectivity index (χ1v) is 19.8. The van der Waals surface area contributed by atoms with E-state index in [4.69, 9.17) is 19.7 Å². The van der Waals surface area contributed by atoms with Crippen molar-refractivity contribution in [2.24, 2.45) is 5.41 Å². The molecule has 1 aliphatic carbocycles. The largest absolute Gasteiger partial charge is 0.476 e. The first-order valence-electron chi connectivity index (χ1n) is 19.8. The number of amides is 1. The first-order chi connectivity index (χ1) is 27.1. The Morgan fingerprint density at radius 3 is 2.48 bits per heavy atom. The van der Waals surface area contributed by atoms with Crippen molar-refractivity contribution in [3.8, 4) is 17.0 Å². The average molecular weight is 769 g/mol. The van der Waals surface area contributed by atoms with Gasteiger partial charge in [0.15, 0.2) is 17.3 Å². The van der Waals surface area contributed by atoms with E-state index in [1.54, 1.807) is 31.3 Å². The molecule has 294 valence electrons. The number of halogens is 2. The minimum Gasteiger partial charge on any atom is -0.476 e. The first kappa shape index (κ1) is 36.5. The second kappa shape index (κ2) is 14.7. The van der Waals surface area contributed by atoms with Crippen LogP contribution in [0.3, 0.4) is 0 Å². The fraction of sp³-hybridized carbons (Fsp3) is 0.512. The molecule has 0 atom stereocenters. The van der Waals surface area contributed by atoms with Crippen molar-refractivity contribution in [3.63, 3.8) is 0 Å². The molecule has 2 saturated heterocycles. The maximum atomic E-state index is 14.9. The Morgan fingerprint density at radius 2 is 1.80 bits per heavy atom. The molecule has 1 aromatic carbocycles. The predicted molar refractivity (Wildman–Crippen MR) is 203 cm³/mol. The highest BCUT2D eigenvalue weighted by Crippen LogP contribution is 2.51. The lowest BCUT2D eigenvalue weighted by molar-refractivity contribution is -0.129. The van der Waals surface area contributed by atoms with Crippen molar-refractivity contribution in [1.82, 2.24) is 29.9 Å². The smallest absolute Gasteiger partial charge is 0.356 e. The molecule has 4 aliphatic heterocycles. The highest BCUT2D eigenvalue weighted by atomic mass is 19.3. The van der Waals surface area contributed by atoms with E-state index in [1.165, 1.54) is 6.07 Å². The molecule has 5 aliphatic rings. The monoisotopic (exact) mass is 768 g/mol. The summed E-state index contributed by atoms with van der Waals surface area (Å²) >= 11 is 0. The molecule has 0 bridgehead atoms. The molecule has 7 heterocycles. The van der Waals surface area contributed by atoms with Gasteiger partial charge in [-0.15, -0.1) is 10.2 Å². The summed E-state index contributed by atoms with van der Waals surface area (Å²) in [7, 11) is 0. The zero-order valence-electron chi connectivity index (χ0n) is 31.5. The molecule has 0 radical (unpaired) electrons. The van der Waals surface area contributed by atoms with Gasteiger partial charge in [0.1, 0.15) is 6.10 Å². The Labute approximate surface area is 323 Å². The number of piperidine rings is 1. The molecule has 3 aromatic heterocycles. The zero-order valence-corrected chi connectivity index (χ0v) is 31.5. The number of anilines is 3. The fourth-order valence-corrected chi connectivity index (χ4v) is 9.44. The van der Waals surface area contributed by atoms with Crippen molar-refractivity contribution in [1.29, 1.82) is 0 Å². The molecule has 4 aromatic rings. The third-order valence-corrected chi connectivity index (χ3v) is 12.6. The van der Waals surface area contributed by atoms with Crippen molar-refractivity contribution < 1.29 is 33.0 Å². The van der Waals surface area contributed by atoms with Crippen LogP contribution >= 0.6 is 0 Å². The number of rotatable bonds is 8. The Bertz CT molecular complexity index is 2110. The van der Waals surface area contributed by atoms with Crippen LogP contribution in [0.25, 0.3) is 11.1 Å². The van der Waals surface area contributed by atoms with Gasteiger partial charge in [0.05, 0.1) is 12.6 Å².